The fourth-order valence-electron chi connectivity index (χ4n) is 3.76. The number of ether oxygens (including phenoxy) is 4. The summed E-state index contributed by atoms with van der Waals surface area (Å²) < 4.78 is 23.8. The van der Waals surface area contributed by atoms with Crippen LogP contribution in [0.3, 0.4) is 0 Å². The quantitative estimate of drug-likeness (QED) is 0.837. The van der Waals surface area contributed by atoms with E-state index in [2.05, 4.69) is 5.32 Å². The average Bonchev–Trinajstić information content (AvgIpc) is 2.65. The predicted molar refractivity (Wildman–Crippen MR) is 102 cm³/mol. The van der Waals surface area contributed by atoms with Crippen molar-refractivity contribution in [2.75, 3.05) is 6.61 Å². The lowest BCUT2D eigenvalue weighted by Crippen LogP contribution is -2.69. The summed E-state index contributed by atoms with van der Waals surface area (Å²) in [6.45, 7) is 5.21. The molecule has 0 aromatic heterocycles. The van der Waals surface area contributed by atoms with Crippen molar-refractivity contribution in [3.05, 3.63) is 42.5 Å². The van der Waals surface area contributed by atoms with Crippen molar-refractivity contribution in [2.45, 2.75) is 57.2 Å². The van der Waals surface area contributed by atoms with Crippen LogP contribution in [0.15, 0.2) is 42.5 Å². The summed E-state index contributed by atoms with van der Waals surface area (Å²) in [5.41, 5.74) is 0. The van der Waals surface area contributed by atoms with E-state index in [-0.39, 0.29) is 12.5 Å². The first-order valence-electron chi connectivity index (χ1n) is 9.41. The molecule has 28 heavy (non-hydrogen) atoms. The molecule has 5 atom stereocenters. The lowest BCUT2D eigenvalue weighted by Gasteiger charge is -2.49. The van der Waals surface area contributed by atoms with Gasteiger partial charge in [-0.25, -0.2) is 0 Å². The number of aliphatic hydroxyl groups excluding tert-OH is 1. The highest BCUT2D eigenvalue weighted by Crippen LogP contribution is 2.34. The topological polar surface area (TPSA) is 86.3 Å². The normalized spacial score (nSPS) is 31.8. The first-order valence-corrected chi connectivity index (χ1v) is 9.41. The molecule has 2 aromatic rings. The van der Waals surface area contributed by atoms with Gasteiger partial charge in [-0.05, 0) is 25.3 Å². The maximum absolute atomic E-state index is 11.8. The van der Waals surface area contributed by atoms with Crippen LogP contribution in [0.1, 0.15) is 20.8 Å². The highest BCUT2D eigenvalue weighted by atomic mass is 16.8. The second-order valence-electron chi connectivity index (χ2n) is 7.65. The first-order chi connectivity index (χ1) is 13.3. The van der Waals surface area contributed by atoms with Crippen LogP contribution in [0.25, 0.3) is 10.8 Å². The van der Waals surface area contributed by atoms with Gasteiger partial charge in [0.15, 0.2) is 5.79 Å². The van der Waals surface area contributed by atoms with Crippen molar-refractivity contribution < 1.29 is 28.8 Å². The van der Waals surface area contributed by atoms with Crippen LogP contribution < -0.4 is 10.1 Å². The third-order valence-corrected chi connectivity index (χ3v) is 5.05. The minimum Gasteiger partial charge on any atom is -0.462 e. The van der Waals surface area contributed by atoms with E-state index in [1.54, 1.807) is 13.8 Å². The van der Waals surface area contributed by atoms with Gasteiger partial charge < -0.3 is 29.4 Å². The van der Waals surface area contributed by atoms with E-state index in [9.17, 15) is 9.90 Å². The predicted octanol–water partition coefficient (Wildman–Crippen LogP) is 1.96. The van der Waals surface area contributed by atoms with Gasteiger partial charge in [-0.2, -0.15) is 0 Å². The minimum absolute atomic E-state index is 0.261. The lowest BCUT2D eigenvalue weighted by atomic mass is 9.95. The molecule has 7 nitrogen and oxygen atoms in total. The first kappa shape index (κ1) is 19.1. The van der Waals surface area contributed by atoms with E-state index in [1.165, 1.54) is 6.92 Å². The summed E-state index contributed by atoms with van der Waals surface area (Å²) in [7, 11) is 0. The molecule has 2 heterocycles. The van der Waals surface area contributed by atoms with Crippen LogP contribution in [0.4, 0.5) is 0 Å². The molecule has 1 amide bonds. The van der Waals surface area contributed by atoms with Gasteiger partial charge in [0.1, 0.15) is 30.1 Å². The van der Waals surface area contributed by atoms with E-state index >= 15 is 0 Å². The Kier molecular flexibility index (Phi) is 5.01. The van der Waals surface area contributed by atoms with E-state index in [0.717, 1.165) is 10.8 Å². The molecule has 150 valence electrons. The Morgan fingerprint density at radius 2 is 1.96 bits per heavy atom. The van der Waals surface area contributed by atoms with Gasteiger partial charge >= 0.3 is 0 Å². The van der Waals surface area contributed by atoms with Gasteiger partial charge in [0.05, 0.1) is 6.61 Å². The summed E-state index contributed by atoms with van der Waals surface area (Å²) in [5, 5.41) is 15.6. The molecule has 0 radical (unpaired) electrons. The van der Waals surface area contributed by atoms with Gasteiger partial charge in [0, 0.05) is 12.3 Å². The molecular weight excluding hydrogens is 362 g/mol. The van der Waals surface area contributed by atoms with Gasteiger partial charge in [0.25, 0.3) is 0 Å². The number of hydrogen-bond donors (Lipinski definition) is 2. The molecule has 2 aromatic carbocycles. The Balaban J connectivity index is 1.63. The van der Waals surface area contributed by atoms with Crippen LogP contribution in [-0.2, 0) is 19.0 Å². The Bertz CT molecular complexity index is 864. The van der Waals surface area contributed by atoms with Crippen LogP contribution in [0.5, 0.6) is 5.75 Å². The molecule has 0 aliphatic carbocycles. The van der Waals surface area contributed by atoms with Crippen molar-refractivity contribution >= 4 is 16.7 Å². The summed E-state index contributed by atoms with van der Waals surface area (Å²) in [6, 6.07) is 12.8. The zero-order valence-corrected chi connectivity index (χ0v) is 16.1. The molecule has 2 saturated heterocycles. The number of aliphatic hydroxyl groups is 1. The van der Waals surface area contributed by atoms with E-state index in [1.807, 2.05) is 42.5 Å². The molecule has 2 N–H and O–H groups in total. The molecule has 0 saturated carbocycles. The average molecular weight is 387 g/mol. The van der Waals surface area contributed by atoms with Crippen LogP contribution in [0, 0.1) is 0 Å². The zero-order chi connectivity index (χ0) is 19.9. The Morgan fingerprint density at radius 3 is 2.75 bits per heavy atom. The number of amides is 1. The monoisotopic (exact) mass is 387 g/mol. The number of nitrogens with one attached hydrogen (secondary N) is 1. The highest BCUT2D eigenvalue weighted by molar-refractivity contribution is 5.88. The standard InChI is InChI=1S/C21H25NO6/c1-12(23)22-17-18(24)19-16(11-25-21(2,3)28-19)27-20(17)26-15-10-6-8-13-7-4-5-9-14(13)15/h4-10,16-20,24H,11H2,1-3H3,(H,22,23)/t16-,17+,18-,19-,20-/m1/s1. The van der Waals surface area contributed by atoms with E-state index in [0.29, 0.717) is 5.75 Å². The number of hydrogen-bond acceptors (Lipinski definition) is 6. The molecular formula is C21H25NO6. The fraction of sp³-hybridized carbons (Fsp3) is 0.476. The number of rotatable bonds is 3. The maximum atomic E-state index is 11.8. The van der Waals surface area contributed by atoms with Crippen LogP contribution in [-0.4, -0.2) is 54.1 Å². The SMILES string of the molecule is CC(=O)N[C@@H]1[C@H](Oc2cccc3ccccc23)O[C@@H]2COC(C)(C)O[C@H]2[C@@H]1O. The molecule has 0 spiro atoms. The molecule has 7 heteroatoms. The Labute approximate surface area is 163 Å². The number of benzene rings is 2. The fourth-order valence-corrected chi connectivity index (χ4v) is 3.76. The molecule has 2 aliphatic rings. The maximum Gasteiger partial charge on any atom is 0.223 e. The molecule has 2 fully saturated rings. The van der Waals surface area contributed by atoms with Gasteiger partial charge in [-0.3, -0.25) is 4.79 Å². The van der Waals surface area contributed by atoms with E-state index in [4.69, 9.17) is 18.9 Å². The number of carbonyl (C=O) groups is 1. The van der Waals surface area contributed by atoms with Crippen molar-refractivity contribution in [3.8, 4) is 5.75 Å². The molecule has 0 unspecified atom stereocenters. The van der Waals surface area contributed by atoms with Crippen LogP contribution >= 0.6 is 0 Å². The van der Waals surface area contributed by atoms with Crippen molar-refractivity contribution in [1.29, 1.82) is 0 Å². The molecule has 2 aliphatic heterocycles. The summed E-state index contributed by atoms with van der Waals surface area (Å²) in [6.07, 6.45) is -3.04. The molecule has 0 bridgehead atoms. The number of fused-ring (bicyclic) bond motifs is 2. The minimum atomic E-state index is -1.01. The number of carbonyl (C=O) groups excluding carboxylic acids is 1. The molecule has 4 rings (SSSR count). The third-order valence-electron chi connectivity index (χ3n) is 5.05. The largest absolute Gasteiger partial charge is 0.462 e. The van der Waals surface area contributed by atoms with Crippen molar-refractivity contribution in [3.63, 3.8) is 0 Å². The highest BCUT2D eigenvalue weighted by Gasteiger charge is 2.52. The summed E-state index contributed by atoms with van der Waals surface area (Å²) in [5.74, 6) is -0.513. The second kappa shape index (κ2) is 7.33. The van der Waals surface area contributed by atoms with Gasteiger partial charge in [-0.15, -0.1) is 0 Å². The van der Waals surface area contributed by atoms with Crippen molar-refractivity contribution in [1.82, 2.24) is 5.32 Å². The van der Waals surface area contributed by atoms with Gasteiger partial charge in [0.2, 0.25) is 12.2 Å². The lowest BCUT2D eigenvalue weighted by molar-refractivity contribution is -0.361. The second-order valence-corrected chi connectivity index (χ2v) is 7.65. The zero-order valence-electron chi connectivity index (χ0n) is 16.1. The Morgan fingerprint density at radius 1 is 1.21 bits per heavy atom. The Hall–Kier alpha value is -2.19. The smallest absolute Gasteiger partial charge is 0.223 e. The van der Waals surface area contributed by atoms with Crippen molar-refractivity contribution in [2.24, 2.45) is 0 Å². The third kappa shape index (κ3) is 3.71. The van der Waals surface area contributed by atoms with E-state index < -0.39 is 36.4 Å². The summed E-state index contributed by atoms with van der Waals surface area (Å²) >= 11 is 0. The van der Waals surface area contributed by atoms with Gasteiger partial charge in [-0.1, -0.05) is 36.4 Å². The van der Waals surface area contributed by atoms with Crippen LogP contribution in [0.2, 0.25) is 0 Å². The summed E-state index contributed by atoms with van der Waals surface area (Å²) in [4.78, 5) is 11.8.